The lowest BCUT2D eigenvalue weighted by molar-refractivity contribution is 0.184. The third kappa shape index (κ3) is 3.58. The minimum atomic E-state index is 0.550. The van der Waals surface area contributed by atoms with Crippen molar-refractivity contribution in [2.45, 2.75) is 6.54 Å². The molecule has 7 heteroatoms. The molecule has 0 atom stereocenters. The van der Waals surface area contributed by atoms with Crippen LogP contribution in [0.2, 0.25) is 0 Å². The molecule has 0 amide bonds. The minimum Gasteiger partial charge on any atom is -0.394 e. The van der Waals surface area contributed by atoms with E-state index in [0.717, 1.165) is 5.82 Å². The van der Waals surface area contributed by atoms with E-state index < -0.39 is 0 Å². The molecule has 0 spiro atoms. The first-order valence-electron chi connectivity index (χ1n) is 5.69. The second-order valence-corrected chi connectivity index (χ2v) is 3.70. The van der Waals surface area contributed by atoms with Crippen molar-refractivity contribution in [1.29, 1.82) is 0 Å². The van der Waals surface area contributed by atoms with Gasteiger partial charge >= 0.3 is 0 Å². The van der Waals surface area contributed by atoms with Crippen molar-refractivity contribution >= 4 is 11.5 Å². The van der Waals surface area contributed by atoms with Crippen LogP contribution in [0.4, 0.5) is 11.5 Å². The number of nitrogen functional groups attached to an aromatic ring is 1. The number of nitrogens with zero attached hydrogens (tertiary/aromatic N) is 3. The SMILES string of the molecule is COCCn1ncc(N)c1N(CCN)CCN. The van der Waals surface area contributed by atoms with Gasteiger partial charge in [0.05, 0.1) is 25.0 Å². The van der Waals surface area contributed by atoms with Gasteiger partial charge in [0.15, 0.2) is 5.82 Å². The number of ether oxygens (including phenoxy) is 1. The highest BCUT2D eigenvalue weighted by Crippen LogP contribution is 2.22. The van der Waals surface area contributed by atoms with Crippen LogP contribution in [-0.2, 0) is 11.3 Å². The average molecular weight is 242 g/mol. The predicted molar refractivity (Wildman–Crippen MR) is 68.8 cm³/mol. The van der Waals surface area contributed by atoms with E-state index >= 15 is 0 Å². The highest BCUT2D eigenvalue weighted by Gasteiger charge is 2.14. The van der Waals surface area contributed by atoms with Crippen molar-refractivity contribution in [3.8, 4) is 0 Å². The summed E-state index contributed by atoms with van der Waals surface area (Å²) < 4.78 is 6.86. The molecular weight excluding hydrogens is 220 g/mol. The molecule has 0 radical (unpaired) electrons. The first kappa shape index (κ1) is 13.8. The van der Waals surface area contributed by atoms with E-state index in [2.05, 4.69) is 10.00 Å². The summed E-state index contributed by atoms with van der Waals surface area (Å²) in [7, 11) is 1.66. The summed E-state index contributed by atoms with van der Waals surface area (Å²) in [6, 6.07) is 0. The van der Waals surface area contributed by atoms with Crippen LogP contribution in [0, 0.1) is 0 Å². The Labute approximate surface area is 101 Å². The van der Waals surface area contributed by atoms with Crippen LogP contribution >= 0.6 is 0 Å². The van der Waals surface area contributed by atoms with Gasteiger partial charge in [0, 0.05) is 33.3 Å². The van der Waals surface area contributed by atoms with Gasteiger partial charge in [0.2, 0.25) is 0 Å². The molecule has 1 aromatic heterocycles. The van der Waals surface area contributed by atoms with Crippen LogP contribution < -0.4 is 22.1 Å². The highest BCUT2D eigenvalue weighted by atomic mass is 16.5. The Morgan fingerprint density at radius 1 is 1.35 bits per heavy atom. The van der Waals surface area contributed by atoms with E-state index in [4.69, 9.17) is 21.9 Å². The Balaban J connectivity index is 2.86. The molecule has 0 fully saturated rings. The maximum absolute atomic E-state index is 5.93. The molecule has 0 aromatic carbocycles. The lowest BCUT2D eigenvalue weighted by Crippen LogP contribution is -2.36. The Bertz CT molecular complexity index is 321. The van der Waals surface area contributed by atoms with Crippen LogP contribution in [-0.4, -0.2) is 49.7 Å². The second-order valence-electron chi connectivity index (χ2n) is 3.70. The van der Waals surface area contributed by atoms with E-state index in [1.54, 1.807) is 13.3 Å². The molecule has 17 heavy (non-hydrogen) atoms. The fourth-order valence-electron chi connectivity index (χ4n) is 1.72. The molecule has 1 rings (SSSR count). The molecule has 1 aromatic rings. The average Bonchev–Trinajstić information content (AvgIpc) is 2.67. The monoisotopic (exact) mass is 242 g/mol. The summed E-state index contributed by atoms with van der Waals surface area (Å²) in [6.45, 7) is 3.77. The number of methoxy groups -OCH3 is 1. The van der Waals surface area contributed by atoms with Crippen molar-refractivity contribution in [2.75, 3.05) is 50.5 Å². The lowest BCUT2D eigenvalue weighted by atomic mass is 10.4. The summed E-state index contributed by atoms with van der Waals surface area (Å²) >= 11 is 0. The first-order valence-corrected chi connectivity index (χ1v) is 5.69. The summed E-state index contributed by atoms with van der Waals surface area (Å²) in [6.07, 6.45) is 1.64. The van der Waals surface area contributed by atoms with E-state index in [-0.39, 0.29) is 0 Å². The minimum absolute atomic E-state index is 0.550. The van der Waals surface area contributed by atoms with Crippen LogP contribution in [0.3, 0.4) is 0 Å². The predicted octanol–water partition coefficient (Wildman–Crippen LogP) is -1.16. The molecule has 0 aliphatic heterocycles. The maximum atomic E-state index is 5.93. The number of rotatable bonds is 8. The zero-order valence-corrected chi connectivity index (χ0v) is 10.3. The topological polar surface area (TPSA) is 108 Å². The summed E-state index contributed by atoms with van der Waals surface area (Å²) in [5.74, 6) is 0.873. The quantitative estimate of drug-likeness (QED) is 0.530. The Morgan fingerprint density at radius 2 is 2.00 bits per heavy atom. The summed E-state index contributed by atoms with van der Waals surface area (Å²) in [4.78, 5) is 2.05. The molecule has 0 aliphatic carbocycles. The summed E-state index contributed by atoms with van der Waals surface area (Å²) in [5, 5.41) is 4.23. The van der Waals surface area contributed by atoms with Crippen molar-refractivity contribution in [3.63, 3.8) is 0 Å². The van der Waals surface area contributed by atoms with Crippen LogP contribution in [0.5, 0.6) is 0 Å². The molecule has 0 unspecified atom stereocenters. The van der Waals surface area contributed by atoms with Crippen molar-refractivity contribution in [1.82, 2.24) is 9.78 Å². The standard InChI is InChI=1S/C10H22N6O/c1-17-7-6-16-10(9(13)8-14-16)15(4-2-11)5-3-12/h8H,2-7,11-13H2,1H3. The third-order valence-electron chi connectivity index (χ3n) is 2.44. The third-order valence-corrected chi connectivity index (χ3v) is 2.44. The fraction of sp³-hybridized carbons (Fsp3) is 0.700. The molecule has 1 heterocycles. The first-order chi connectivity index (χ1) is 8.24. The zero-order chi connectivity index (χ0) is 12.7. The molecule has 0 saturated carbocycles. The second kappa shape index (κ2) is 7.10. The van der Waals surface area contributed by atoms with E-state index in [0.29, 0.717) is 45.0 Å². The molecule has 0 aliphatic rings. The zero-order valence-electron chi connectivity index (χ0n) is 10.3. The number of aromatic nitrogens is 2. The van der Waals surface area contributed by atoms with Gasteiger partial charge in [0.1, 0.15) is 0 Å². The normalized spacial score (nSPS) is 10.8. The van der Waals surface area contributed by atoms with Gasteiger partial charge in [-0.1, -0.05) is 0 Å². The summed E-state index contributed by atoms with van der Waals surface area (Å²) in [5.41, 5.74) is 17.7. The fourth-order valence-corrected chi connectivity index (χ4v) is 1.72. The van der Waals surface area contributed by atoms with Crippen molar-refractivity contribution < 1.29 is 4.74 Å². The van der Waals surface area contributed by atoms with E-state index in [1.807, 2.05) is 4.68 Å². The van der Waals surface area contributed by atoms with E-state index in [9.17, 15) is 0 Å². The van der Waals surface area contributed by atoms with Crippen molar-refractivity contribution in [2.24, 2.45) is 11.5 Å². The van der Waals surface area contributed by atoms with Gasteiger partial charge < -0.3 is 26.8 Å². The van der Waals surface area contributed by atoms with Gasteiger partial charge in [-0.2, -0.15) is 5.10 Å². The number of anilines is 2. The molecule has 7 nitrogen and oxygen atoms in total. The van der Waals surface area contributed by atoms with Gasteiger partial charge in [-0.3, -0.25) is 0 Å². The number of hydrogen-bond donors (Lipinski definition) is 3. The number of nitrogens with two attached hydrogens (primary N) is 3. The van der Waals surface area contributed by atoms with Gasteiger partial charge in [-0.15, -0.1) is 0 Å². The van der Waals surface area contributed by atoms with Gasteiger partial charge in [0.25, 0.3) is 0 Å². The van der Waals surface area contributed by atoms with Gasteiger partial charge in [-0.05, 0) is 0 Å². The smallest absolute Gasteiger partial charge is 0.150 e. The van der Waals surface area contributed by atoms with Gasteiger partial charge in [-0.25, -0.2) is 4.68 Å². The molecule has 0 saturated heterocycles. The Hall–Kier alpha value is -1.31. The molecule has 0 bridgehead atoms. The Morgan fingerprint density at radius 3 is 2.53 bits per heavy atom. The molecule has 98 valence electrons. The largest absolute Gasteiger partial charge is 0.394 e. The van der Waals surface area contributed by atoms with Crippen molar-refractivity contribution in [3.05, 3.63) is 6.20 Å². The van der Waals surface area contributed by atoms with Crippen LogP contribution in [0.15, 0.2) is 6.20 Å². The van der Waals surface area contributed by atoms with E-state index in [1.165, 1.54) is 0 Å². The molecule has 6 N–H and O–H groups in total. The Kier molecular flexibility index (Phi) is 5.75. The number of hydrogen-bond acceptors (Lipinski definition) is 6. The van der Waals surface area contributed by atoms with Crippen LogP contribution in [0.25, 0.3) is 0 Å². The maximum Gasteiger partial charge on any atom is 0.150 e. The molecular formula is C10H22N6O. The lowest BCUT2D eigenvalue weighted by Gasteiger charge is -2.24. The highest BCUT2D eigenvalue weighted by molar-refractivity contribution is 5.62. The van der Waals surface area contributed by atoms with Crippen LogP contribution in [0.1, 0.15) is 0 Å².